The van der Waals surface area contributed by atoms with Gasteiger partial charge >= 0.3 is 0 Å². The van der Waals surface area contributed by atoms with Gasteiger partial charge in [0.25, 0.3) is 0 Å². The molecule has 0 bridgehead atoms. The van der Waals surface area contributed by atoms with Gasteiger partial charge in [0.2, 0.25) is 5.95 Å². The summed E-state index contributed by atoms with van der Waals surface area (Å²) in [6.07, 6.45) is 2.38. The van der Waals surface area contributed by atoms with Gasteiger partial charge in [-0.3, -0.25) is 5.21 Å². The van der Waals surface area contributed by atoms with Gasteiger partial charge < -0.3 is 5.32 Å². The molecule has 0 fully saturated rings. The van der Waals surface area contributed by atoms with Crippen molar-refractivity contribution in [1.29, 1.82) is 0 Å². The summed E-state index contributed by atoms with van der Waals surface area (Å²) in [7, 11) is -3.40. The van der Waals surface area contributed by atoms with Crippen LogP contribution in [0.5, 0.6) is 0 Å². The molecule has 20 heavy (non-hydrogen) atoms. The average Bonchev–Trinajstić information content (AvgIpc) is 2.41. The van der Waals surface area contributed by atoms with Crippen LogP contribution in [0.3, 0.4) is 0 Å². The van der Waals surface area contributed by atoms with Crippen molar-refractivity contribution in [3.63, 3.8) is 0 Å². The minimum Gasteiger partial charge on any atom is -0.338 e. The Morgan fingerprint density at radius 2 is 2.00 bits per heavy atom. The lowest BCUT2D eigenvalue weighted by molar-refractivity contribution is 0.382. The number of aromatic nitrogens is 2. The molecule has 2 rings (SSSR count). The normalized spacial score (nSPS) is 11.2. The molecule has 0 unspecified atom stereocenters. The molecule has 7 nitrogen and oxygen atoms in total. The summed E-state index contributed by atoms with van der Waals surface area (Å²) < 4.78 is 23.4. The number of nitrogens with one attached hydrogen (secondary N) is 2. The van der Waals surface area contributed by atoms with Crippen molar-refractivity contribution < 1.29 is 13.6 Å². The fourth-order valence-electron chi connectivity index (χ4n) is 1.53. The van der Waals surface area contributed by atoms with Crippen molar-refractivity contribution in [3.05, 3.63) is 35.5 Å². The van der Waals surface area contributed by atoms with Gasteiger partial charge in [-0.25, -0.2) is 18.9 Å². The van der Waals surface area contributed by atoms with E-state index >= 15 is 0 Å². The molecular weight excluding hydrogens is 304 g/mol. The van der Waals surface area contributed by atoms with Crippen LogP contribution in [0.2, 0.25) is 5.02 Å². The van der Waals surface area contributed by atoms with E-state index in [0.29, 0.717) is 5.69 Å². The number of hydrogen-bond donors (Lipinski definition) is 3. The molecule has 0 radical (unpaired) electrons. The first-order chi connectivity index (χ1) is 9.41. The third-order valence-corrected chi connectivity index (χ3v) is 3.82. The Balaban J connectivity index is 2.46. The molecule has 0 saturated carbocycles. The quantitative estimate of drug-likeness (QED) is 0.742. The first-order valence-corrected chi connectivity index (χ1v) is 7.67. The van der Waals surface area contributed by atoms with Crippen molar-refractivity contribution in [2.45, 2.75) is 4.90 Å². The molecule has 0 aliphatic carbocycles. The predicted octanol–water partition coefficient (Wildman–Crippen LogP) is 2.08. The van der Waals surface area contributed by atoms with E-state index in [2.05, 4.69) is 15.3 Å². The molecule has 1 aromatic heterocycles. The van der Waals surface area contributed by atoms with E-state index in [0.717, 1.165) is 6.26 Å². The maximum absolute atomic E-state index is 11.7. The Hall–Kier alpha value is -1.90. The van der Waals surface area contributed by atoms with Crippen molar-refractivity contribution in [2.24, 2.45) is 0 Å². The first kappa shape index (κ1) is 14.5. The minimum atomic E-state index is -3.40. The van der Waals surface area contributed by atoms with E-state index in [1.54, 1.807) is 23.7 Å². The first-order valence-electron chi connectivity index (χ1n) is 5.40. The number of halogens is 1. The van der Waals surface area contributed by atoms with E-state index in [1.807, 2.05) is 0 Å². The molecule has 0 saturated heterocycles. The Morgan fingerprint density at radius 1 is 1.30 bits per heavy atom. The Kier molecular flexibility index (Phi) is 4.07. The van der Waals surface area contributed by atoms with Gasteiger partial charge in [-0.05, 0) is 12.1 Å². The van der Waals surface area contributed by atoms with Crippen molar-refractivity contribution in [3.8, 4) is 0 Å². The highest BCUT2D eigenvalue weighted by Crippen LogP contribution is 2.27. The van der Waals surface area contributed by atoms with Crippen LogP contribution in [0, 0.1) is 0 Å². The van der Waals surface area contributed by atoms with Crippen molar-refractivity contribution in [2.75, 3.05) is 17.1 Å². The van der Waals surface area contributed by atoms with Gasteiger partial charge in [0.15, 0.2) is 15.7 Å². The lowest BCUT2D eigenvalue weighted by Gasteiger charge is -2.11. The molecule has 3 N–H and O–H groups in total. The molecule has 0 atom stereocenters. The molecule has 2 aromatic rings. The predicted molar refractivity (Wildman–Crippen MR) is 75.3 cm³/mol. The molecule has 0 aliphatic heterocycles. The summed E-state index contributed by atoms with van der Waals surface area (Å²) >= 11 is 5.92. The number of anilines is 3. The van der Waals surface area contributed by atoms with E-state index < -0.39 is 9.84 Å². The Morgan fingerprint density at radius 3 is 2.65 bits per heavy atom. The molecular formula is C11H11ClN4O3S. The average molecular weight is 315 g/mol. The van der Waals surface area contributed by atoms with Crippen molar-refractivity contribution >= 4 is 38.9 Å². The van der Waals surface area contributed by atoms with Crippen molar-refractivity contribution in [1.82, 2.24) is 9.97 Å². The van der Waals surface area contributed by atoms with E-state index in [-0.39, 0.29) is 21.7 Å². The zero-order valence-corrected chi connectivity index (χ0v) is 11.9. The Labute approximate surface area is 120 Å². The van der Waals surface area contributed by atoms with Crippen LogP contribution in [0.4, 0.5) is 17.5 Å². The number of nitrogens with zero attached hydrogens (tertiary/aromatic N) is 2. The minimum absolute atomic E-state index is 0.0614. The highest BCUT2D eigenvalue weighted by atomic mass is 35.5. The molecule has 9 heteroatoms. The fraction of sp³-hybridized carbons (Fsp3) is 0.0909. The van der Waals surface area contributed by atoms with E-state index in [1.165, 1.54) is 12.3 Å². The number of sulfone groups is 1. The lowest BCUT2D eigenvalue weighted by atomic mass is 10.3. The summed E-state index contributed by atoms with van der Waals surface area (Å²) in [4.78, 5) is 7.73. The summed E-state index contributed by atoms with van der Waals surface area (Å²) in [6.45, 7) is 0. The number of hydrogen-bond acceptors (Lipinski definition) is 7. The van der Waals surface area contributed by atoms with Crippen LogP contribution in [0.25, 0.3) is 0 Å². The molecule has 106 valence electrons. The second kappa shape index (κ2) is 5.61. The zero-order chi connectivity index (χ0) is 14.8. The Bertz CT molecular complexity index is 736. The summed E-state index contributed by atoms with van der Waals surface area (Å²) in [5, 5.41) is 11.8. The lowest BCUT2D eigenvalue weighted by Crippen LogP contribution is -2.05. The highest BCUT2D eigenvalue weighted by molar-refractivity contribution is 7.90. The zero-order valence-electron chi connectivity index (χ0n) is 10.3. The summed E-state index contributed by atoms with van der Waals surface area (Å²) in [5.41, 5.74) is 2.12. The van der Waals surface area contributed by atoms with Crippen LogP contribution in [-0.2, 0) is 9.84 Å². The largest absolute Gasteiger partial charge is 0.338 e. The van der Waals surface area contributed by atoms with Crippen LogP contribution >= 0.6 is 11.6 Å². The van der Waals surface area contributed by atoms with Crippen LogP contribution in [0.1, 0.15) is 0 Å². The third kappa shape index (κ3) is 3.16. The fourth-order valence-corrected chi connectivity index (χ4v) is 2.51. The van der Waals surface area contributed by atoms with Gasteiger partial charge in [-0.1, -0.05) is 23.7 Å². The summed E-state index contributed by atoms with van der Waals surface area (Å²) in [6, 6.07) is 6.35. The SMILES string of the molecule is CS(=O)(=O)c1ccccc1Nc1nc(NO)ncc1Cl. The third-order valence-electron chi connectivity index (χ3n) is 2.38. The second-order valence-corrected chi connectivity index (χ2v) is 6.29. The van der Waals surface area contributed by atoms with Gasteiger partial charge in [0.05, 0.1) is 16.8 Å². The highest BCUT2D eigenvalue weighted by Gasteiger charge is 2.14. The van der Waals surface area contributed by atoms with E-state index in [9.17, 15) is 8.42 Å². The molecule has 1 aromatic carbocycles. The number of para-hydroxylation sites is 1. The van der Waals surface area contributed by atoms with Crippen LogP contribution < -0.4 is 10.8 Å². The standard InChI is InChI=1S/C11H11ClN4O3S/c1-20(18,19)9-5-3-2-4-8(9)14-10-7(12)6-13-11(15-10)16-17/h2-6,17H,1H3,(H2,13,14,15,16). The van der Waals surface area contributed by atoms with E-state index in [4.69, 9.17) is 16.8 Å². The van der Waals surface area contributed by atoms with Crippen LogP contribution in [-0.4, -0.2) is 29.8 Å². The second-order valence-electron chi connectivity index (χ2n) is 3.90. The number of rotatable bonds is 4. The van der Waals surface area contributed by atoms with Crippen LogP contribution in [0.15, 0.2) is 35.4 Å². The summed E-state index contributed by atoms with van der Waals surface area (Å²) in [5.74, 6) is 0.114. The monoisotopic (exact) mass is 314 g/mol. The maximum Gasteiger partial charge on any atom is 0.248 e. The molecule has 0 amide bonds. The van der Waals surface area contributed by atoms with Gasteiger partial charge in [0.1, 0.15) is 5.02 Å². The topological polar surface area (TPSA) is 104 Å². The molecule has 1 heterocycles. The van der Waals surface area contributed by atoms with Gasteiger partial charge in [-0.15, -0.1) is 0 Å². The molecule has 0 aliphatic rings. The maximum atomic E-state index is 11.7. The number of benzene rings is 1. The molecule has 0 spiro atoms. The van der Waals surface area contributed by atoms with Gasteiger partial charge in [0, 0.05) is 6.26 Å². The van der Waals surface area contributed by atoms with Gasteiger partial charge in [-0.2, -0.15) is 4.98 Å². The smallest absolute Gasteiger partial charge is 0.248 e.